The summed E-state index contributed by atoms with van der Waals surface area (Å²) in [4.78, 5) is 7.50. The van der Waals surface area contributed by atoms with Crippen LogP contribution in [0.2, 0.25) is 0 Å². The van der Waals surface area contributed by atoms with Gasteiger partial charge in [-0.25, -0.2) is 9.37 Å². The fourth-order valence-electron chi connectivity index (χ4n) is 1.85. The predicted molar refractivity (Wildman–Crippen MR) is 62.2 cm³/mol. The Morgan fingerprint density at radius 3 is 3.00 bits per heavy atom. The summed E-state index contributed by atoms with van der Waals surface area (Å²) in [6, 6.07) is 8.35. The van der Waals surface area contributed by atoms with Gasteiger partial charge in [-0.15, -0.1) is 0 Å². The first-order chi connectivity index (χ1) is 8.31. The second-order valence-electron chi connectivity index (χ2n) is 3.92. The Labute approximate surface area is 97.3 Å². The summed E-state index contributed by atoms with van der Waals surface area (Å²) in [5.74, 6) is 1.53. The number of aromatic nitrogens is 2. The molecule has 1 N–H and O–H groups in total. The number of halogens is 1. The monoisotopic (exact) mass is 230 g/mol. The summed E-state index contributed by atoms with van der Waals surface area (Å²) in [5.41, 5.74) is 1.53. The zero-order valence-corrected chi connectivity index (χ0v) is 9.11. The average Bonchev–Trinajstić information content (AvgIpc) is 2.94. The highest BCUT2D eigenvalue weighted by Crippen LogP contribution is 2.14. The number of furan rings is 1. The Morgan fingerprint density at radius 2 is 2.18 bits per heavy atom. The maximum absolute atomic E-state index is 13.0. The molecular formula is C13H11FN2O. The highest BCUT2D eigenvalue weighted by atomic mass is 19.1. The molecule has 0 aliphatic carbocycles. The molecule has 0 amide bonds. The Morgan fingerprint density at radius 1 is 1.24 bits per heavy atom. The second kappa shape index (κ2) is 4.05. The number of hydrogen-bond donors (Lipinski definition) is 1. The van der Waals surface area contributed by atoms with Crippen LogP contribution in [0.1, 0.15) is 11.6 Å². The number of H-pyrrole nitrogens is 1. The highest BCUT2D eigenvalue weighted by molar-refractivity contribution is 5.74. The number of hydrogen-bond acceptors (Lipinski definition) is 2. The number of aryl methyl sites for hydroxylation is 2. The van der Waals surface area contributed by atoms with Gasteiger partial charge in [0.25, 0.3) is 0 Å². The first-order valence-electron chi connectivity index (χ1n) is 5.48. The van der Waals surface area contributed by atoms with Gasteiger partial charge in [-0.3, -0.25) is 0 Å². The second-order valence-corrected chi connectivity index (χ2v) is 3.92. The lowest BCUT2D eigenvalue weighted by atomic mass is 10.2. The maximum atomic E-state index is 13.0. The van der Waals surface area contributed by atoms with E-state index in [9.17, 15) is 4.39 Å². The van der Waals surface area contributed by atoms with Gasteiger partial charge in [-0.05, 0) is 30.3 Å². The van der Waals surface area contributed by atoms with Crippen molar-refractivity contribution >= 4 is 11.0 Å². The van der Waals surface area contributed by atoms with E-state index in [2.05, 4.69) is 9.97 Å². The largest absolute Gasteiger partial charge is 0.469 e. The number of rotatable bonds is 3. The normalized spacial score (nSPS) is 11.1. The summed E-state index contributed by atoms with van der Waals surface area (Å²) in [7, 11) is 0. The zero-order valence-electron chi connectivity index (χ0n) is 9.11. The Hall–Kier alpha value is -2.10. The molecule has 3 aromatic rings. The number of imidazole rings is 1. The van der Waals surface area contributed by atoms with Crippen molar-refractivity contribution in [2.45, 2.75) is 12.8 Å². The van der Waals surface area contributed by atoms with Crippen LogP contribution in [0.5, 0.6) is 0 Å². The summed E-state index contributed by atoms with van der Waals surface area (Å²) >= 11 is 0. The lowest BCUT2D eigenvalue weighted by molar-refractivity contribution is 0.507. The van der Waals surface area contributed by atoms with E-state index in [0.717, 1.165) is 35.5 Å². The summed E-state index contributed by atoms with van der Waals surface area (Å²) in [5, 5.41) is 0. The van der Waals surface area contributed by atoms with Gasteiger partial charge in [-0.2, -0.15) is 0 Å². The Kier molecular flexibility index (Phi) is 2.40. The van der Waals surface area contributed by atoms with Crippen LogP contribution in [0.4, 0.5) is 4.39 Å². The van der Waals surface area contributed by atoms with Crippen LogP contribution in [-0.2, 0) is 12.8 Å². The maximum Gasteiger partial charge on any atom is 0.125 e. The van der Waals surface area contributed by atoms with Crippen LogP contribution < -0.4 is 0 Å². The van der Waals surface area contributed by atoms with Gasteiger partial charge in [0.2, 0.25) is 0 Å². The minimum Gasteiger partial charge on any atom is -0.469 e. The van der Waals surface area contributed by atoms with E-state index >= 15 is 0 Å². The van der Waals surface area contributed by atoms with E-state index in [-0.39, 0.29) is 5.82 Å². The Balaban J connectivity index is 1.81. The number of fused-ring (bicyclic) bond motifs is 1. The van der Waals surface area contributed by atoms with E-state index in [0.29, 0.717) is 0 Å². The minimum absolute atomic E-state index is 0.251. The predicted octanol–water partition coefficient (Wildman–Crippen LogP) is 3.08. The fourth-order valence-corrected chi connectivity index (χ4v) is 1.85. The third kappa shape index (κ3) is 2.06. The lowest BCUT2D eigenvalue weighted by Gasteiger charge is -1.93. The molecule has 0 saturated heterocycles. The SMILES string of the molecule is Fc1ccc2nc(CCc3ccco3)[nH]c2c1. The summed E-state index contributed by atoms with van der Waals surface area (Å²) in [6.07, 6.45) is 3.20. The molecule has 0 aliphatic rings. The van der Waals surface area contributed by atoms with Crippen molar-refractivity contribution in [1.29, 1.82) is 0 Å². The molecule has 2 aromatic heterocycles. The van der Waals surface area contributed by atoms with Gasteiger partial charge in [-0.1, -0.05) is 0 Å². The van der Waals surface area contributed by atoms with Crippen molar-refractivity contribution in [2.75, 3.05) is 0 Å². The molecule has 0 saturated carbocycles. The van der Waals surface area contributed by atoms with E-state index in [1.54, 1.807) is 12.3 Å². The smallest absolute Gasteiger partial charge is 0.125 e. The van der Waals surface area contributed by atoms with Crippen molar-refractivity contribution in [3.05, 3.63) is 54.0 Å². The van der Waals surface area contributed by atoms with Crippen LogP contribution in [0.15, 0.2) is 41.0 Å². The molecular weight excluding hydrogens is 219 g/mol. The Bertz CT molecular complexity index is 628. The molecule has 3 nitrogen and oxygen atoms in total. The zero-order chi connectivity index (χ0) is 11.7. The molecule has 3 rings (SSSR count). The van der Waals surface area contributed by atoms with Crippen molar-refractivity contribution in [1.82, 2.24) is 9.97 Å². The van der Waals surface area contributed by atoms with E-state index in [1.807, 2.05) is 12.1 Å². The third-order valence-corrected chi connectivity index (χ3v) is 2.68. The molecule has 0 atom stereocenters. The molecule has 4 heteroatoms. The van der Waals surface area contributed by atoms with E-state index in [1.165, 1.54) is 12.1 Å². The van der Waals surface area contributed by atoms with Gasteiger partial charge in [0.05, 0.1) is 17.3 Å². The van der Waals surface area contributed by atoms with Crippen molar-refractivity contribution in [3.63, 3.8) is 0 Å². The number of benzene rings is 1. The van der Waals surface area contributed by atoms with Crippen LogP contribution >= 0.6 is 0 Å². The van der Waals surface area contributed by atoms with Gasteiger partial charge in [0.15, 0.2) is 0 Å². The summed E-state index contributed by atoms with van der Waals surface area (Å²) in [6.45, 7) is 0. The van der Waals surface area contributed by atoms with Crippen LogP contribution in [0, 0.1) is 5.82 Å². The van der Waals surface area contributed by atoms with Gasteiger partial charge in [0.1, 0.15) is 17.4 Å². The molecule has 0 aliphatic heterocycles. The molecule has 0 radical (unpaired) electrons. The number of aromatic amines is 1. The number of nitrogens with one attached hydrogen (secondary N) is 1. The molecule has 0 spiro atoms. The van der Waals surface area contributed by atoms with Gasteiger partial charge in [0, 0.05) is 12.8 Å². The molecule has 2 heterocycles. The topological polar surface area (TPSA) is 41.8 Å². The average molecular weight is 230 g/mol. The highest BCUT2D eigenvalue weighted by Gasteiger charge is 2.04. The van der Waals surface area contributed by atoms with E-state index in [4.69, 9.17) is 4.42 Å². The van der Waals surface area contributed by atoms with Crippen molar-refractivity contribution in [3.8, 4) is 0 Å². The first kappa shape index (κ1) is 10.1. The van der Waals surface area contributed by atoms with Gasteiger partial charge < -0.3 is 9.40 Å². The third-order valence-electron chi connectivity index (χ3n) is 2.68. The van der Waals surface area contributed by atoms with Crippen LogP contribution in [-0.4, -0.2) is 9.97 Å². The number of nitrogens with zero attached hydrogens (tertiary/aromatic N) is 1. The lowest BCUT2D eigenvalue weighted by Crippen LogP contribution is -1.91. The van der Waals surface area contributed by atoms with Crippen molar-refractivity contribution in [2.24, 2.45) is 0 Å². The molecule has 0 bridgehead atoms. The van der Waals surface area contributed by atoms with Crippen LogP contribution in [0.25, 0.3) is 11.0 Å². The first-order valence-corrected chi connectivity index (χ1v) is 5.48. The van der Waals surface area contributed by atoms with Crippen molar-refractivity contribution < 1.29 is 8.81 Å². The molecule has 17 heavy (non-hydrogen) atoms. The fraction of sp³-hybridized carbons (Fsp3) is 0.154. The quantitative estimate of drug-likeness (QED) is 0.751. The molecule has 86 valence electrons. The molecule has 1 aromatic carbocycles. The van der Waals surface area contributed by atoms with Gasteiger partial charge >= 0.3 is 0 Å². The van der Waals surface area contributed by atoms with E-state index < -0.39 is 0 Å². The minimum atomic E-state index is -0.251. The van der Waals surface area contributed by atoms with Crippen LogP contribution in [0.3, 0.4) is 0 Å². The molecule has 0 unspecified atom stereocenters. The summed E-state index contributed by atoms with van der Waals surface area (Å²) < 4.78 is 18.2. The molecule has 0 fully saturated rings. The standard InChI is InChI=1S/C13H11FN2O/c14-9-3-5-11-12(8-9)16-13(15-11)6-4-10-2-1-7-17-10/h1-3,5,7-8H,4,6H2,(H,15,16).